The van der Waals surface area contributed by atoms with E-state index in [1.165, 1.54) is 4.90 Å². The molecule has 2 aromatic carbocycles. The largest absolute Gasteiger partial charge is 0.372 e. The maximum absolute atomic E-state index is 12.6. The van der Waals surface area contributed by atoms with Crippen LogP contribution in [0.5, 0.6) is 0 Å². The van der Waals surface area contributed by atoms with Crippen molar-refractivity contribution in [1.29, 1.82) is 0 Å². The van der Waals surface area contributed by atoms with E-state index in [0.29, 0.717) is 5.56 Å². The van der Waals surface area contributed by atoms with Crippen LogP contribution in [0.1, 0.15) is 29.8 Å². The van der Waals surface area contributed by atoms with Crippen molar-refractivity contribution in [3.05, 3.63) is 58.1 Å². The van der Waals surface area contributed by atoms with Gasteiger partial charge in [0.1, 0.15) is 0 Å². The Morgan fingerprint density at radius 1 is 1.04 bits per heavy atom. The molecule has 1 N–H and O–H groups in total. The van der Waals surface area contributed by atoms with Crippen LogP contribution >= 0.6 is 15.9 Å². The topological polar surface area (TPSA) is 52.7 Å². The number of benzene rings is 2. The Hall–Kier alpha value is -2.34. The second-order valence-corrected chi connectivity index (χ2v) is 7.30. The highest BCUT2D eigenvalue weighted by Crippen LogP contribution is 2.20. The van der Waals surface area contributed by atoms with Crippen molar-refractivity contribution in [2.45, 2.75) is 20.8 Å². The maximum atomic E-state index is 12.6. The van der Waals surface area contributed by atoms with Crippen LogP contribution in [0.3, 0.4) is 0 Å². The Morgan fingerprint density at radius 2 is 1.67 bits per heavy atom. The monoisotopic (exact) mass is 431 g/mol. The average molecular weight is 432 g/mol. The Bertz CT molecular complexity index is 802. The molecule has 27 heavy (non-hydrogen) atoms. The van der Waals surface area contributed by atoms with Gasteiger partial charge in [-0.1, -0.05) is 15.9 Å². The number of hydrogen-bond donors (Lipinski definition) is 1. The highest BCUT2D eigenvalue weighted by molar-refractivity contribution is 9.10. The average Bonchev–Trinajstić information content (AvgIpc) is 2.65. The van der Waals surface area contributed by atoms with Crippen LogP contribution in [0.2, 0.25) is 0 Å². The first-order valence-electron chi connectivity index (χ1n) is 9.02. The van der Waals surface area contributed by atoms with Crippen molar-refractivity contribution in [2.75, 3.05) is 36.9 Å². The van der Waals surface area contributed by atoms with Crippen LogP contribution in [-0.2, 0) is 4.79 Å². The number of carbonyl (C=O) groups is 2. The lowest BCUT2D eigenvalue weighted by Gasteiger charge is -2.22. The summed E-state index contributed by atoms with van der Waals surface area (Å²) in [6, 6.07) is 13.1. The molecule has 5 nitrogen and oxygen atoms in total. The Balaban J connectivity index is 1.99. The second-order valence-electron chi connectivity index (χ2n) is 6.39. The third-order valence-electron chi connectivity index (χ3n) is 4.43. The number of nitrogens with zero attached hydrogens (tertiary/aromatic N) is 2. The minimum Gasteiger partial charge on any atom is -0.372 e. The predicted octanol–water partition coefficient (Wildman–Crippen LogP) is 4.31. The zero-order valence-electron chi connectivity index (χ0n) is 16.3. The van der Waals surface area contributed by atoms with Crippen molar-refractivity contribution < 1.29 is 9.59 Å². The SMILES string of the molecule is CCN(CC)c1ccc(C(=O)N(C)CC(=O)Nc2ccc(Br)cc2C)cc1. The van der Waals surface area contributed by atoms with E-state index >= 15 is 0 Å². The highest BCUT2D eigenvalue weighted by atomic mass is 79.9. The first-order valence-corrected chi connectivity index (χ1v) is 9.81. The molecule has 0 aromatic heterocycles. The summed E-state index contributed by atoms with van der Waals surface area (Å²) in [5.41, 5.74) is 3.36. The summed E-state index contributed by atoms with van der Waals surface area (Å²) < 4.78 is 0.957. The van der Waals surface area contributed by atoms with Crippen molar-refractivity contribution in [2.24, 2.45) is 0 Å². The molecular formula is C21H26BrN3O2. The van der Waals surface area contributed by atoms with E-state index < -0.39 is 0 Å². The van der Waals surface area contributed by atoms with E-state index in [1.54, 1.807) is 7.05 Å². The van der Waals surface area contributed by atoms with Crippen LogP contribution in [0.15, 0.2) is 46.9 Å². The van der Waals surface area contributed by atoms with Gasteiger partial charge in [-0.15, -0.1) is 0 Å². The number of anilines is 2. The molecule has 0 saturated carbocycles. The quantitative estimate of drug-likeness (QED) is 0.710. The van der Waals surface area contributed by atoms with Crippen molar-refractivity contribution in [3.8, 4) is 0 Å². The third kappa shape index (κ3) is 5.57. The summed E-state index contributed by atoms with van der Waals surface area (Å²) in [7, 11) is 1.63. The molecule has 2 aromatic rings. The fraction of sp³-hybridized carbons (Fsp3) is 0.333. The minimum atomic E-state index is -0.226. The molecule has 0 aliphatic carbocycles. The number of carbonyl (C=O) groups excluding carboxylic acids is 2. The maximum Gasteiger partial charge on any atom is 0.254 e. The van der Waals surface area contributed by atoms with Gasteiger partial charge in [-0.05, 0) is 68.8 Å². The van der Waals surface area contributed by atoms with Crippen LogP contribution in [0.25, 0.3) is 0 Å². The van der Waals surface area contributed by atoms with Gasteiger partial charge in [0, 0.05) is 41.5 Å². The summed E-state index contributed by atoms with van der Waals surface area (Å²) >= 11 is 3.40. The number of amides is 2. The molecule has 0 heterocycles. The van der Waals surface area contributed by atoms with Gasteiger partial charge >= 0.3 is 0 Å². The van der Waals surface area contributed by atoms with Gasteiger partial charge in [-0.3, -0.25) is 9.59 Å². The first-order chi connectivity index (χ1) is 12.8. The molecule has 6 heteroatoms. The van der Waals surface area contributed by atoms with Crippen molar-refractivity contribution in [3.63, 3.8) is 0 Å². The number of halogens is 1. The van der Waals surface area contributed by atoms with Crippen LogP contribution in [-0.4, -0.2) is 43.4 Å². The van der Waals surface area contributed by atoms with Crippen LogP contribution in [0.4, 0.5) is 11.4 Å². The van der Waals surface area contributed by atoms with Crippen molar-refractivity contribution >= 4 is 39.1 Å². The number of nitrogens with one attached hydrogen (secondary N) is 1. The van der Waals surface area contributed by atoms with Gasteiger partial charge in [0.15, 0.2) is 0 Å². The number of likely N-dealkylation sites (N-methyl/N-ethyl adjacent to an activating group) is 1. The lowest BCUT2D eigenvalue weighted by molar-refractivity contribution is -0.116. The number of rotatable bonds is 7. The van der Waals surface area contributed by atoms with E-state index in [9.17, 15) is 9.59 Å². The van der Waals surface area contributed by atoms with E-state index in [0.717, 1.165) is 34.5 Å². The summed E-state index contributed by atoms with van der Waals surface area (Å²) in [6.45, 7) is 7.95. The van der Waals surface area contributed by atoms with E-state index in [2.05, 4.69) is 40.0 Å². The Labute approximate surface area is 169 Å². The fourth-order valence-electron chi connectivity index (χ4n) is 2.87. The molecule has 2 rings (SSSR count). The molecular weight excluding hydrogens is 406 g/mol. The summed E-state index contributed by atoms with van der Waals surface area (Å²) in [5.74, 6) is -0.403. The smallest absolute Gasteiger partial charge is 0.254 e. The van der Waals surface area contributed by atoms with Gasteiger partial charge in [-0.25, -0.2) is 0 Å². The Morgan fingerprint density at radius 3 is 2.22 bits per heavy atom. The first kappa shape index (κ1) is 21.0. The fourth-order valence-corrected chi connectivity index (χ4v) is 3.34. The predicted molar refractivity (Wildman–Crippen MR) is 114 cm³/mol. The lowest BCUT2D eigenvalue weighted by atomic mass is 10.1. The minimum absolute atomic E-state index is 0.00780. The highest BCUT2D eigenvalue weighted by Gasteiger charge is 2.16. The molecule has 0 aliphatic rings. The molecule has 2 amide bonds. The molecule has 144 valence electrons. The van der Waals surface area contributed by atoms with Crippen LogP contribution < -0.4 is 10.2 Å². The summed E-state index contributed by atoms with van der Waals surface area (Å²) in [6.07, 6.45) is 0. The molecule has 0 aliphatic heterocycles. The van der Waals surface area contributed by atoms with Crippen molar-refractivity contribution in [1.82, 2.24) is 4.90 Å². The van der Waals surface area contributed by atoms with Gasteiger partial charge < -0.3 is 15.1 Å². The third-order valence-corrected chi connectivity index (χ3v) is 4.93. The van der Waals surface area contributed by atoms with E-state index in [4.69, 9.17) is 0 Å². The standard InChI is InChI=1S/C21H26BrN3O2/c1-5-25(6-2)18-10-7-16(8-11-18)21(27)24(4)14-20(26)23-19-12-9-17(22)13-15(19)3/h7-13H,5-6,14H2,1-4H3,(H,23,26). The molecule has 0 atom stereocenters. The number of aryl methyl sites for hydroxylation is 1. The summed E-state index contributed by atoms with van der Waals surface area (Å²) in [5, 5.41) is 2.85. The molecule has 0 unspecified atom stereocenters. The molecule has 0 saturated heterocycles. The zero-order valence-corrected chi connectivity index (χ0v) is 17.8. The van der Waals surface area contributed by atoms with Gasteiger partial charge in [-0.2, -0.15) is 0 Å². The zero-order chi connectivity index (χ0) is 20.0. The molecule has 0 bridgehead atoms. The van der Waals surface area contributed by atoms with E-state index in [-0.39, 0.29) is 18.4 Å². The normalized spacial score (nSPS) is 10.4. The van der Waals surface area contributed by atoms with Gasteiger partial charge in [0.2, 0.25) is 5.91 Å². The second kappa shape index (κ2) is 9.55. The number of hydrogen-bond acceptors (Lipinski definition) is 3. The van der Waals surface area contributed by atoms with E-state index in [1.807, 2.05) is 49.4 Å². The van der Waals surface area contributed by atoms with Gasteiger partial charge in [0.05, 0.1) is 6.54 Å². The summed E-state index contributed by atoms with van der Waals surface area (Å²) in [4.78, 5) is 28.5. The Kier molecular flexibility index (Phi) is 7.42. The lowest BCUT2D eigenvalue weighted by Crippen LogP contribution is -2.35. The van der Waals surface area contributed by atoms with Gasteiger partial charge in [0.25, 0.3) is 5.91 Å². The molecule has 0 spiro atoms. The molecule has 0 radical (unpaired) electrons. The van der Waals surface area contributed by atoms with Crippen LogP contribution in [0, 0.1) is 6.92 Å². The molecule has 0 fully saturated rings.